The van der Waals surface area contributed by atoms with Crippen molar-refractivity contribution in [2.75, 3.05) is 0 Å². The van der Waals surface area contributed by atoms with E-state index in [0.29, 0.717) is 12.8 Å². The lowest BCUT2D eigenvalue weighted by molar-refractivity contribution is -0.146. The van der Waals surface area contributed by atoms with E-state index in [9.17, 15) is 15.0 Å². The first-order valence-corrected chi connectivity index (χ1v) is 14.0. The highest BCUT2D eigenvalue weighted by molar-refractivity contribution is 5.70. The van der Waals surface area contributed by atoms with Gasteiger partial charge in [0.1, 0.15) is 0 Å². The number of aliphatic hydroxyl groups excluding tert-OH is 1. The second kappa shape index (κ2) is 24.1. The van der Waals surface area contributed by atoms with Crippen molar-refractivity contribution in [1.82, 2.24) is 0 Å². The van der Waals surface area contributed by atoms with Crippen molar-refractivity contribution in [2.45, 2.75) is 168 Å². The fourth-order valence-electron chi connectivity index (χ4n) is 4.55. The van der Waals surface area contributed by atoms with Gasteiger partial charge >= 0.3 is 5.97 Å². The molecule has 0 spiro atoms. The summed E-state index contributed by atoms with van der Waals surface area (Å²) < 4.78 is 0. The number of hydrogen-bond acceptors (Lipinski definition) is 2. The number of carbonyl (C=O) groups is 1. The molecule has 0 aliphatic rings. The maximum absolute atomic E-state index is 11.6. The molecule has 3 nitrogen and oxygen atoms in total. The number of aliphatic carboxylic acids is 1. The van der Waals surface area contributed by atoms with Gasteiger partial charge in [-0.05, 0) is 12.8 Å². The Morgan fingerprint density at radius 1 is 0.516 bits per heavy atom. The average molecular weight is 441 g/mol. The van der Waals surface area contributed by atoms with Crippen LogP contribution in [-0.4, -0.2) is 22.3 Å². The smallest absolute Gasteiger partial charge is 0.309 e. The van der Waals surface area contributed by atoms with Gasteiger partial charge in [0.2, 0.25) is 0 Å². The van der Waals surface area contributed by atoms with Crippen LogP contribution in [0.1, 0.15) is 162 Å². The van der Waals surface area contributed by atoms with Crippen LogP contribution in [0, 0.1) is 5.92 Å². The molecule has 0 aliphatic heterocycles. The molecule has 0 aromatic rings. The third-order valence-electron chi connectivity index (χ3n) is 6.75. The monoisotopic (exact) mass is 440 g/mol. The van der Waals surface area contributed by atoms with Gasteiger partial charge in [-0.25, -0.2) is 0 Å². The Morgan fingerprint density at radius 3 is 1.13 bits per heavy atom. The Hall–Kier alpha value is -0.570. The van der Waals surface area contributed by atoms with Gasteiger partial charge in [0.25, 0.3) is 0 Å². The Balaban J connectivity index is 3.61. The molecule has 0 aromatic carbocycles. The van der Waals surface area contributed by atoms with E-state index >= 15 is 0 Å². The predicted octanol–water partition coefficient (Wildman–Crippen LogP) is 9.06. The second-order valence-electron chi connectivity index (χ2n) is 9.81. The SMILES string of the molecule is CCCCCCCCCCCCCC(O)C(CCCCCCCCCCCC)C(=O)O. The Bertz CT molecular complexity index is 369. The van der Waals surface area contributed by atoms with E-state index in [4.69, 9.17) is 0 Å². The summed E-state index contributed by atoms with van der Waals surface area (Å²) in [6.07, 6.45) is 27.2. The molecule has 0 saturated carbocycles. The van der Waals surface area contributed by atoms with Gasteiger partial charge in [-0.1, -0.05) is 149 Å². The van der Waals surface area contributed by atoms with Crippen LogP contribution in [0.4, 0.5) is 0 Å². The number of rotatable bonds is 25. The van der Waals surface area contributed by atoms with Crippen molar-refractivity contribution >= 4 is 5.97 Å². The topological polar surface area (TPSA) is 57.5 Å². The fourth-order valence-corrected chi connectivity index (χ4v) is 4.55. The van der Waals surface area contributed by atoms with E-state index in [0.717, 1.165) is 25.7 Å². The first-order chi connectivity index (χ1) is 15.1. The molecule has 2 atom stereocenters. The van der Waals surface area contributed by atoms with Gasteiger partial charge in [-0.3, -0.25) is 4.79 Å². The van der Waals surface area contributed by atoms with Crippen LogP contribution in [0.2, 0.25) is 0 Å². The maximum Gasteiger partial charge on any atom is 0.309 e. The zero-order chi connectivity index (χ0) is 23.0. The van der Waals surface area contributed by atoms with Crippen molar-refractivity contribution in [3.8, 4) is 0 Å². The van der Waals surface area contributed by atoms with Crippen molar-refractivity contribution in [3.05, 3.63) is 0 Å². The van der Waals surface area contributed by atoms with E-state index in [2.05, 4.69) is 13.8 Å². The van der Waals surface area contributed by atoms with Crippen LogP contribution in [0.3, 0.4) is 0 Å². The zero-order valence-corrected chi connectivity index (χ0v) is 21.2. The molecule has 0 heterocycles. The quantitative estimate of drug-likeness (QED) is 0.139. The molecule has 3 heteroatoms. The molecule has 2 N–H and O–H groups in total. The molecule has 0 fully saturated rings. The molecule has 0 amide bonds. The summed E-state index contributed by atoms with van der Waals surface area (Å²) in [4.78, 5) is 11.6. The molecule has 0 radical (unpaired) electrons. The standard InChI is InChI=1S/C28H56O3/c1-3-5-7-9-11-13-15-17-19-21-23-25-27(29)26(28(30)31)24-22-20-18-16-14-12-10-8-6-4-2/h26-27,29H,3-25H2,1-2H3,(H,30,31). The summed E-state index contributed by atoms with van der Waals surface area (Å²) in [5, 5.41) is 19.9. The normalized spacial score (nSPS) is 13.4. The van der Waals surface area contributed by atoms with Gasteiger partial charge in [0, 0.05) is 0 Å². The largest absolute Gasteiger partial charge is 0.481 e. The maximum atomic E-state index is 11.6. The third-order valence-corrected chi connectivity index (χ3v) is 6.75. The molecular formula is C28H56O3. The molecule has 0 bridgehead atoms. The number of aliphatic hydroxyl groups is 1. The number of unbranched alkanes of at least 4 members (excludes halogenated alkanes) is 19. The molecular weight excluding hydrogens is 384 g/mol. The molecule has 186 valence electrons. The molecule has 0 aliphatic carbocycles. The minimum absolute atomic E-state index is 0.572. The van der Waals surface area contributed by atoms with Crippen molar-refractivity contribution in [3.63, 3.8) is 0 Å². The lowest BCUT2D eigenvalue weighted by atomic mass is 9.91. The van der Waals surface area contributed by atoms with E-state index in [1.807, 2.05) is 0 Å². The number of hydrogen-bond donors (Lipinski definition) is 2. The van der Waals surface area contributed by atoms with Crippen LogP contribution < -0.4 is 0 Å². The first-order valence-electron chi connectivity index (χ1n) is 14.0. The van der Waals surface area contributed by atoms with Gasteiger partial charge < -0.3 is 10.2 Å². The highest BCUT2D eigenvalue weighted by atomic mass is 16.4. The Kier molecular flexibility index (Phi) is 23.6. The number of carboxylic acid groups (broad SMARTS) is 1. The summed E-state index contributed by atoms with van der Waals surface area (Å²) in [5.41, 5.74) is 0. The highest BCUT2D eigenvalue weighted by Gasteiger charge is 2.25. The van der Waals surface area contributed by atoms with Gasteiger partial charge in [-0.2, -0.15) is 0 Å². The van der Waals surface area contributed by atoms with E-state index < -0.39 is 18.0 Å². The summed E-state index contributed by atoms with van der Waals surface area (Å²) in [7, 11) is 0. The van der Waals surface area contributed by atoms with Gasteiger partial charge in [0.15, 0.2) is 0 Å². The summed E-state index contributed by atoms with van der Waals surface area (Å²) in [6.45, 7) is 4.51. The van der Waals surface area contributed by atoms with Crippen molar-refractivity contribution < 1.29 is 15.0 Å². The second-order valence-corrected chi connectivity index (χ2v) is 9.81. The van der Waals surface area contributed by atoms with Gasteiger partial charge in [0.05, 0.1) is 12.0 Å². The van der Waals surface area contributed by atoms with Crippen LogP contribution in [0.5, 0.6) is 0 Å². The van der Waals surface area contributed by atoms with E-state index in [1.54, 1.807) is 0 Å². The van der Waals surface area contributed by atoms with Crippen molar-refractivity contribution in [1.29, 1.82) is 0 Å². The molecule has 31 heavy (non-hydrogen) atoms. The fraction of sp³-hybridized carbons (Fsp3) is 0.964. The van der Waals surface area contributed by atoms with Crippen molar-refractivity contribution in [2.24, 2.45) is 5.92 Å². The lowest BCUT2D eigenvalue weighted by Crippen LogP contribution is -2.28. The Morgan fingerprint density at radius 2 is 0.806 bits per heavy atom. The first kappa shape index (κ1) is 30.4. The third kappa shape index (κ3) is 21.1. The van der Waals surface area contributed by atoms with Crippen LogP contribution in [0.25, 0.3) is 0 Å². The van der Waals surface area contributed by atoms with Crippen LogP contribution in [-0.2, 0) is 4.79 Å². The molecule has 2 unspecified atom stereocenters. The lowest BCUT2D eigenvalue weighted by Gasteiger charge is -2.19. The minimum Gasteiger partial charge on any atom is -0.481 e. The zero-order valence-electron chi connectivity index (χ0n) is 21.2. The predicted molar refractivity (Wildman–Crippen MR) is 135 cm³/mol. The van der Waals surface area contributed by atoms with Gasteiger partial charge in [-0.15, -0.1) is 0 Å². The molecule has 0 saturated heterocycles. The summed E-state index contributed by atoms with van der Waals surface area (Å²) in [5.74, 6) is -1.39. The van der Waals surface area contributed by atoms with Crippen LogP contribution >= 0.6 is 0 Å². The minimum atomic E-state index is -0.813. The van der Waals surface area contributed by atoms with E-state index in [-0.39, 0.29) is 0 Å². The molecule has 0 rings (SSSR count). The Labute approximate surface area is 194 Å². The summed E-state index contributed by atoms with van der Waals surface area (Å²) in [6, 6.07) is 0. The number of carboxylic acids is 1. The highest BCUT2D eigenvalue weighted by Crippen LogP contribution is 2.21. The van der Waals surface area contributed by atoms with Crippen LogP contribution in [0.15, 0.2) is 0 Å². The summed E-state index contributed by atoms with van der Waals surface area (Å²) >= 11 is 0. The van der Waals surface area contributed by atoms with E-state index in [1.165, 1.54) is 109 Å². The average Bonchev–Trinajstić information content (AvgIpc) is 2.75. The molecule has 0 aromatic heterocycles.